The van der Waals surface area contributed by atoms with Gasteiger partial charge in [-0.05, 0) is 42.8 Å². The number of hydrogen-bond acceptors (Lipinski definition) is 3. The summed E-state index contributed by atoms with van der Waals surface area (Å²) in [5.74, 6) is 0. The van der Waals surface area contributed by atoms with Gasteiger partial charge in [0.2, 0.25) is 0 Å². The topological polar surface area (TPSA) is 67.2 Å². The molecule has 5 nitrogen and oxygen atoms in total. The molecule has 2 N–H and O–H groups in total. The average molecular weight is 315 g/mol. The summed E-state index contributed by atoms with van der Waals surface area (Å²) < 4.78 is 0. The number of thiocarbonyl (C=S) groups is 1. The minimum absolute atomic E-state index is 0.0750. The van der Waals surface area contributed by atoms with Crippen LogP contribution in [0.2, 0.25) is 0 Å². The zero-order valence-electron chi connectivity index (χ0n) is 12.2. The van der Waals surface area contributed by atoms with Gasteiger partial charge in [-0.3, -0.25) is 10.1 Å². The first-order chi connectivity index (χ1) is 10.6. The first kappa shape index (κ1) is 15.9. The van der Waals surface area contributed by atoms with Gasteiger partial charge in [-0.2, -0.15) is 0 Å². The van der Waals surface area contributed by atoms with E-state index < -0.39 is 4.92 Å². The Balaban J connectivity index is 1.85. The molecule has 0 unspecified atom stereocenters. The van der Waals surface area contributed by atoms with Gasteiger partial charge in [0.05, 0.1) is 4.92 Å². The molecule has 22 heavy (non-hydrogen) atoms. The van der Waals surface area contributed by atoms with E-state index in [0.29, 0.717) is 5.11 Å². The van der Waals surface area contributed by atoms with E-state index in [2.05, 4.69) is 22.8 Å². The van der Waals surface area contributed by atoms with Crippen molar-refractivity contribution in [3.05, 3.63) is 69.8 Å². The van der Waals surface area contributed by atoms with Gasteiger partial charge in [0, 0.05) is 24.4 Å². The van der Waals surface area contributed by atoms with Gasteiger partial charge < -0.3 is 10.6 Å². The molecule has 0 aliphatic carbocycles. The molecule has 2 aromatic carbocycles. The highest BCUT2D eigenvalue weighted by Crippen LogP contribution is 2.20. The molecule has 0 bridgehead atoms. The highest BCUT2D eigenvalue weighted by atomic mass is 32.1. The van der Waals surface area contributed by atoms with Crippen molar-refractivity contribution in [2.75, 3.05) is 11.9 Å². The number of nitro benzene ring substituents is 1. The molecule has 114 valence electrons. The van der Waals surface area contributed by atoms with E-state index in [9.17, 15) is 10.1 Å². The van der Waals surface area contributed by atoms with E-state index in [4.69, 9.17) is 12.2 Å². The molecule has 2 rings (SSSR count). The Morgan fingerprint density at radius 2 is 1.95 bits per heavy atom. The summed E-state index contributed by atoms with van der Waals surface area (Å²) in [7, 11) is 0. The van der Waals surface area contributed by atoms with Crippen LogP contribution in [0.1, 0.15) is 11.1 Å². The number of aryl methyl sites for hydroxylation is 1. The number of nitro groups is 1. The van der Waals surface area contributed by atoms with Crippen LogP contribution in [-0.2, 0) is 6.42 Å². The SMILES string of the molecule is Cc1cc([N+](=O)[O-])ccc1NC(=S)NCCc1ccccc1. The summed E-state index contributed by atoms with van der Waals surface area (Å²) in [6.07, 6.45) is 0.877. The molecule has 2 aromatic rings. The first-order valence-corrected chi connectivity index (χ1v) is 7.31. The average Bonchev–Trinajstić information content (AvgIpc) is 2.50. The summed E-state index contributed by atoms with van der Waals surface area (Å²) in [4.78, 5) is 10.3. The third kappa shape index (κ3) is 4.53. The maximum Gasteiger partial charge on any atom is 0.269 e. The lowest BCUT2D eigenvalue weighted by Gasteiger charge is -2.12. The number of nitrogens with one attached hydrogen (secondary N) is 2. The van der Waals surface area contributed by atoms with E-state index in [1.54, 1.807) is 6.07 Å². The lowest BCUT2D eigenvalue weighted by atomic mass is 10.1. The van der Waals surface area contributed by atoms with Crippen molar-refractivity contribution in [2.24, 2.45) is 0 Å². The summed E-state index contributed by atoms with van der Waals surface area (Å²) in [6, 6.07) is 14.8. The molecule has 0 amide bonds. The van der Waals surface area contributed by atoms with Crippen LogP contribution < -0.4 is 10.6 Å². The zero-order chi connectivity index (χ0) is 15.9. The Bertz CT molecular complexity index is 674. The van der Waals surface area contributed by atoms with E-state index in [1.165, 1.54) is 17.7 Å². The zero-order valence-corrected chi connectivity index (χ0v) is 13.0. The van der Waals surface area contributed by atoms with Gasteiger partial charge >= 0.3 is 0 Å². The summed E-state index contributed by atoms with van der Waals surface area (Å²) >= 11 is 5.24. The van der Waals surface area contributed by atoms with Crippen LogP contribution in [0.3, 0.4) is 0 Å². The van der Waals surface area contributed by atoms with Crippen molar-refractivity contribution in [3.8, 4) is 0 Å². The Labute approximate surface area is 134 Å². The van der Waals surface area contributed by atoms with Gasteiger partial charge in [-0.15, -0.1) is 0 Å². The molecule has 6 heteroatoms. The Hall–Kier alpha value is -2.47. The lowest BCUT2D eigenvalue weighted by molar-refractivity contribution is -0.384. The molecule has 0 radical (unpaired) electrons. The van der Waals surface area contributed by atoms with Crippen LogP contribution in [0.4, 0.5) is 11.4 Å². The Kier molecular flexibility index (Phi) is 5.43. The second-order valence-electron chi connectivity index (χ2n) is 4.87. The molecular weight excluding hydrogens is 298 g/mol. The minimum atomic E-state index is -0.410. The number of rotatable bonds is 5. The predicted octanol–water partition coefficient (Wildman–Crippen LogP) is 3.43. The number of non-ortho nitro benzene ring substituents is 1. The summed E-state index contributed by atoms with van der Waals surface area (Å²) in [5, 5.41) is 17.4. The maximum atomic E-state index is 10.7. The normalized spacial score (nSPS) is 10.0. The van der Waals surface area contributed by atoms with Crippen molar-refractivity contribution >= 4 is 28.7 Å². The van der Waals surface area contributed by atoms with Crippen molar-refractivity contribution in [1.29, 1.82) is 0 Å². The van der Waals surface area contributed by atoms with Crippen LogP contribution >= 0.6 is 12.2 Å². The lowest BCUT2D eigenvalue weighted by Crippen LogP contribution is -2.30. The summed E-state index contributed by atoms with van der Waals surface area (Å²) in [5.41, 5.74) is 2.86. The fraction of sp³-hybridized carbons (Fsp3) is 0.188. The van der Waals surface area contributed by atoms with Gasteiger partial charge in [0.15, 0.2) is 5.11 Å². The van der Waals surface area contributed by atoms with E-state index >= 15 is 0 Å². The Morgan fingerprint density at radius 1 is 1.23 bits per heavy atom. The quantitative estimate of drug-likeness (QED) is 0.503. The maximum absolute atomic E-state index is 10.7. The number of hydrogen-bond donors (Lipinski definition) is 2. The minimum Gasteiger partial charge on any atom is -0.362 e. The molecule has 0 aliphatic heterocycles. The highest BCUT2D eigenvalue weighted by molar-refractivity contribution is 7.80. The first-order valence-electron chi connectivity index (χ1n) is 6.90. The van der Waals surface area contributed by atoms with Crippen LogP contribution in [0.15, 0.2) is 48.5 Å². The van der Waals surface area contributed by atoms with Gasteiger partial charge in [-0.1, -0.05) is 30.3 Å². The molecule has 0 saturated carbocycles. The molecule has 0 saturated heterocycles. The van der Waals surface area contributed by atoms with Gasteiger partial charge in [0.1, 0.15) is 0 Å². The number of benzene rings is 2. The molecule has 0 aromatic heterocycles. The smallest absolute Gasteiger partial charge is 0.269 e. The third-order valence-corrected chi connectivity index (χ3v) is 3.46. The second kappa shape index (κ2) is 7.51. The van der Waals surface area contributed by atoms with E-state index in [-0.39, 0.29) is 5.69 Å². The molecule has 0 fully saturated rings. The second-order valence-corrected chi connectivity index (χ2v) is 5.28. The third-order valence-electron chi connectivity index (χ3n) is 3.21. The van der Waals surface area contributed by atoms with Crippen molar-refractivity contribution < 1.29 is 4.92 Å². The molecule has 0 aliphatic rings. The number of nitrogens with zero attached hydrogens (tertiary/aromatic N) is 1. The highest BCUT2D eigenvalue weighted by Gasteiger charge is 2.08. The standard InChI is InChI=1S/C16H17N3O2S/c1-12-11-14(19(20)21)7-8-15(12)18-16(22)17-10-9-13-5-3-2-4-6-13/h2-8,11H,9-10H2,1H3,(H2,17,18,22). The fourth-order valence-electron chi connectivity index (χ4n) is 2.03. The largest absolute Gasteiger partial charge is 0.362 e. The van der Waals surface area contributed by atoms with Crippen LogP contribution in [0.25, 0.3) is 0 Å². The van der Waals surface area contributed by atoms with Crippen molar-refractivity contribution in [1.82, 2.24) is 5.32 Å². The number of anilines is 1. The van der Waals surface area contributed by atoms with Crippen LogP contribution in [0, 0.1) is 17.0 Å². The van der Waals surface area contributed by atoms with Crippen molar-refractivity contribution in [3.63, 3.8) is 0 Å². The van der Waals surface area contributed by atoms with Gasteiger partial charge in [0.25, 0.3) is 5.69 Å². The summed E-state index contributed by atoms with van der Waals surface area (Å²) in [6.45, 7) is 2.53. The molecule has 0 spiro atoms. The van der Waals surface area contributed by atoms with Crippen molar-refractivity contribution in [2.45, 2.75) is 13.3 Å². The van der Waals surface area contributed by atoms with E-state index in [0.717, 1.165) is 24.2 Å². The van der Waals surface area contributed by atoms with Crippen LogP contribution in [-0.4, -0.2) is 16.6 Å². The fourth-order valence-corrected chi connectivity index (χ4v) is 2.25. The van der Waals surface area contributed by atoms with Gasteiger partial charge in [-0.25, -0.2) is 0 Å². The molecular formula is C16H17N3O2S. The monoisotopic (exact) mass is 315 g/mol. The van der Waals surface area contributed by atoms with E-state index in [1.807, 2.05) is 25.1 Å². The Morgan fingerprint density at radius 3 is 2.59 bits per heavy atom. The molecule has 0 heterocycles. The molecule has 0 atom stereocenters. The predicted molar refractivity (Wildman–Crippen MR) is 92.2 cm³/mol. The van der Waals surface area contributed by atoms with Crippen LogP contribution in [0.5, 0.6) is 0 Å².